The van der Waals surface area contributed by atoms with E-state index in [0.29, 0.717) is 35.3 Å². The van der Waals surface area contributed by atoms with E-state index in [2.05, 4.69) is 20.3 Å². The van der Waals surface area contributed by atoms with Gasteiger partial charge < -0.3 is 19.8 Å². The zero-order chi connectivity index (χ0) is 19.7. The number of carbonyl (C=O) groups excluding carboxylic acids is 1. The predicted octanol–water partition coefficient (Wildman–Crippen LogP) is 4.03. The number of H-pyrrole nitrogens is 1. The fraction of sp³-hybridized carbons (Fsp3) is 0.350. The average Bonchev–Trinajstić information content (AvgIpc) is 3.07. The third-order valence-electron chi connectivity index (χ3n) is 5.01. The summed E-state index contributed by atoms with van der Waals surface area (Å²) in [5.41, 5.74) is 3.61. The van der Waals surface area contributed by atoms with Crippen molar-refractivity contribution in [1.29, 1.82) is 0 Å². The number of aryl methyl sites for hydroxylation is 1. The Morgan fingerprint density at radius 3 is 3.04 bits per heavy atom. The summed E-state index contributed by atoms with van der Waals surface area (Å²) in [7, 11) is 1.60. The van der Waals surface area contributed by atoms with Crippen LogP contribution in [0.5, 0.6) is 5.75 Å². The van der Waals surface area contributed by atoms with E-state index in [1.54, 1.807) is 25.3 Å². The second-order valence-electron chi connectivity index (χ2n) is 6.69. The molecule has 1 aliphatic rings. The molecule has 0 saturated carbocycles. The highest BCUT2D eigenvalue weighted by atomic mass is 35.5. The Bertz CT molecular complexity index is 1030. The Hall–Kier alpha value is -2.80. The Morgan fingerprint density at radius 2 is 2.25 bits per heavy atom. The molecule has 0 saturated heterocycles. The Labute approximate surface area is 167 Å². The van der Waals surface area contributed by atoms with Gasteiger partial charge in [-0.25, -0.2) is 9.97 Å². The van der Waals surface area contributed by atoms with Gasteiger partial charge in [0.15, 0.2) is 0 Å². The fourth-order valence-electron chi connectivity index (χ4n) is 3.70. The number of benzene rings is 1. The summed E-state index contributed by atoms with van der Waals surface area (Å²) < 4.78 is 10.6. The molecule has 1 unspecified atom stereocenters. The zero-order valence-electron chi connectivity index (χ0n) is 15.7. The van der Waals surface area contributed by atoms with Gasteiger partial charge in [0.2, 0.25) is 0 Å². The summed E-state index contributed by atoms with van der Waals surface area (Å²) in [6, 6.07) is 5.35. The molecule has 28 heavy (non-hydrogen) atoms. The third-order valence-corrected chi connectivity index (χ3v) is 5.25. The predicted molar refractivity (Wildman–Crippen MR) is 107 cm³/mol. The number of hydrogen-bond donors (Lipinski definition) is 2. The number of methoxy groups -OCH3 is 1. The smallest absolute Gasteiger partial charge is 0.309 e. The van der Waals surface area contributed by atoms with Crippen molar-refractivity contribution in [2.24, 2.45) is 5.92 Å². The number of carbonyl (C=O) groups is 1. The quantitative estimate of drug-likeness (QED) is 0.628. The number of rotatable bonds is 5. The second kappa shape index (κ2) is 7.67. The molecule has 0 fully saturated rings. The Balaban J connectivity index is 1.74. The van der Waals surface area contributed by atoms with Crippen LogP contribution in [0.25, 0.3) is 11.0 Å². The SMILES string of the molecule is CCOC(=O)C1CCc2[nH]c3ncnc(Nc4cc(Cl)ccc4OC)c3c2C1. The van der Waals surface area contributed by atoms with Crippen LogP contribution in [0.2, 0.25) is 5.02 Å². The van der Waals surface area contributed by atoms with Crippen molar-refractivity contribution in [1.82, 2.24) is 15.0 Å². The van der Waals surface area contributed by atoms with E-state index in [-0.39, 0.29) is 11.9 Å². The molecular weight excluding hydrogens is 380 g/mol. The minimum atomic E-state index is -0.153. The molecule has 2 aromatic heterocycles. The average molecular weight is 401 g/mol. The summed E-state index contributed by atoms with van der Waals surface area (Å²) in [6.07, 6.45) is 3.64. The number of anilines is 2. The van der Waals surface area contributed by atoms with Crippen LogP contribution in [-0.4, -0.2) is 34.6 Å². The number of aromatic nitrogens is 3. The minimum Gasteiger partial charge on any atom is -0.495 e. The topological polar surface area (TPSA) is 89.1 Å². The lowest BCUT2D eigenvalue weighted by Crippen LogP contribution is -2.24. The van der Waals surface area contributed by atoms with Crippen LogP contribution in [0.3, 0.4) is 0 Å². The Morgan fingerprint density at radius 1 is 1.39 bits per heavy atom. The highest BCUT2D eigenvalue weighted by molar-refractivity contribution is 6.31. The monoisotopic (exact) mass is 400 g/mol. The van der Waals surface area contributed by atoms with Crippen molar-refractivity contribution in [3.8, 4) is 5.75 Å². The van der Waals surface area contributed by atoms with Crippen molar-refractivity contribution >= 4 is 40.1 Å². The molecule has 8 heteroatoms. The molecule has 2 heterocycles. The number of halogens is 1. The maximum absolute atomic E-state index is 12.3. The van der Waals surface area contributed by atoms with Crippen molar-refractivity contribution < 1.29 is 14.3 Å². The molecular formula is C20H21ClN4O3. The highest BCUT2D eigenvalue weighted by Gasteiger charge is 2.30. The van der Waals surface area contributed by atoms with Crippen LogP contribution in [0.4, 0.5) is 11.5 Å². The standard InChI is InChI=1S/C20H21ClN4O3/c1-3-28-20(26)11-4-6-14-13(8-11)17-18(24-14)22-10-23-19(17)25-15-9-12(21)5-7-16(15)27-2/h5,7,9-11H,3-4,6,8H2,1-2H3,(H2,22,23,24,25). The maximum Gasteiger partial charge on any atom is 0.309 e. The van der Waals surface area contributed by atoms with E-state index in [1.807, 2.05) is 6.92 Å². The van der Waals surface area contributed by atoms with Crippen LogP contribution in [-0.2, 0) is 22.4 Å². The van der Waals surface area contributed by atoms with E-state index < -0.39 is 0 Å². The molecule has 0 spiro atoms. The van der Waals surface area contributed by atoms with Gasteiger partial charge in [-0.15, -0.1) is 0 Å². The molecule has 4 rings (SSSR count). The first-order valence-electron chi connectivity index (χ1n) is 9.22. The molecule has 0 bridgehead atoms. The molecule has 1 aliphatic carbocycles. The third kappa shape index (κ3) is 3.38. The molecule has 7 nitrogen and oxygen atoms in total. The fourth-order valence-corrected chi connectivity index (χ4v) is 3.87. The lowest BCUT2D eigenvalue weighted by molar-refractivity contribution is -0.148. The van der Waals surface area contributed by atoms with E-state index in [1.165, 1.54) is 6.33 Å². The molecule has 3 aromatic rings. The molecule has 1 atom stereocenters. The molecule has 0 aliphatic heterocycles. The van der Waals surface area contributed by atoms with Gasteiger partial charge in [-0.2, -0.15) is 0 Å². The summed E-state index contributed by atoms with van der Waals surface area (Å²) in [5, 5.41) is 4.79. The van der Waals surface area contributed by atoms with Crippen molar-refractivity contribution in [3.05, 3.63) is 40.8 Å². The highest BCUT2D eigenvalue weighted by Crippen LogP contribution is 2.37. The van der Waals surface area contributed by atoms with Crippen LogP contribution < -0.4 is 10.1 Å². The van der Waals surface area contributed by atoms with Crippen LogP contribution in [0, 0.1) is 5.92 Å². The van der Waals surface area contributed by atoms with Gasteiger partial charge in [-0.05, 0) is 49.9 Å². The van der Waals surface area contributed by atoms with Crippen molar-refractivity contribution in [2.45, 2.75) is 26.2 Å². The van der Waals surface area contributed by atoms with Gasteiger partial charge in [0.25, 0.3) is 0 Å². The van der Waals surface area contributed by atoms with Crippen LogP contribution in [0.1, 0.15) is 24.6 Å². The first-order valence-corrected chi connectivity index (χ1v) is 9.60. The van der Waals surface area contributed by atoms with E-state index in [9.17, 15) is 4.79 Å². The largest absolute Gasteiger partial charge is 0.495 e. The zero-order valence-corrected chi connectivity index (χ0v) is 16.5. The van der Waals surface area contributed by atoms with E-state index >= 15 is 0 Å². The molecule has 2 N–H and O–H groups in total. The first kappa shape index (κ1) is 18.6. The summed E-state index contributed by atoms with van der Waals surface area (Å²) in [5.74, 6) is 1.00. The van der Waals surface area contributed by atoms with Gasteiger partial charge in [0.05, 0.1) is 30.7 Å². The number of aromatic amines is 1. The van der Waals surface area contributed by atoms with Gasteiger partial charge in [0, 0.05) is 10.7 Å². The van der Waals surface area contributed by atoms with Gasteiger partial charge in [0.1, 0.15) is 23.5 Å². The molecule has 146 valence electrons. The second-order valence-corrected chi connectivity index (χ2v) is 7.13. The summed E-state index contributed by atoms with van der Waals surface area (Å²) >= 11 is 6.15. The number of nitrogens with zero attached hydrogens (tertiary/aromatic N) is 2. The van der Waals surface area contributed by atoms with Gasteiger partial charge in [-0.1, -0.05) is 11.6 Å². The first-order chi connectivity index (χ1) is 13.6. The lowest BCUT2D eigenvalue weighted by atomic mass is 9.86. The van der Waals surface area contributed by atoms with Crippen LogP contribution >= 0.6 is 11.6 Å². The van der Waals surface area contributed by atoms with Crippen molar-refractivity contribution in [3.63, 3.8) is 0 Å². The summed E-state index contributed by atoms with van der Waals surface area (Å²) in [6.45, 7) is 2.21. The number of fused-ring (bicyclic) bond motifs is 3. The molecule has 0 radical (unpaired) electrons. The van der Waals surface area contributed by atoms with Crippen LogP contribution in [0.15, 0.2) is 24.5 Å². The minimum absolute atomic E-state index is 0.148. The van der Waals surface area contributed by atoms with E-state index in [4.69, 9.17) is 21.1 Å². The van der Waals surface area contributed by atoms with Gasteiger partial charge >= 0.3 is 5.97 Å². The van der Waals surface area contributed by atoms with Crippen molar-refractivity contribution in [2.75, 3.05) is 19.0 Å². The number of esters is 1. The number of ether oxygens (including phenoxy) is 2. The summed E-state index contributed by atoms with van der Waals surface area (Å²) in [4.78, 5) is 24.4. The molecule has 1 aromatic carbocycles. The number of nitrogens with one attached hydrogen (secondary N) is 2. The maximum atomic E-state index is 12.3. The van der Waals surface area contributed by atoms with Gasteiger partial charge in [-0.3, -0.25) is 4.79 Å². The number of hydrogen-bond acceptors (Lipinski definition) is 6. The lowest BCUT2D eigenvalue weighted by Gasteiger charge is -2.21. The normalized spacial score (nSPS) is 15.9. The molecule has 0 amide bonds. The van der Waals surface area contributed by atoms with E-state index in [0.717, 1.165) is 35.1 Å². The Kier molecular flexibility index (Phi) is 5.09.